The van der Waals surface area contributed by atoms with Gasteiger partial charge in [-0.25, -0.2) is 0 Å². The Bertz CT molecular complexity index is 866. The zero-order valence-electron chi connectivity index (χ0n) is 14.0. The molecular weight excluding hydrogens is 336 g/mol. The number of anilines is 1. The Morgan fingerprint density at radius 3 is 2.68 bits per heavy atom. The molecule has 1 fully saturated rings. The van der Waals surface area contributed by atoms with E-state index in [1.165, 1.54) is 0 Å². The van der Waals surface area contributed by atoms with Crippen molar-refractivity contribution in [3.8, 4) is 0 Å². The maximum Gasteiger partial charge on any atom is 0.239 e. The average molecular weight is 355 g/mol. The van der Waals surface area contributed by atoms with Crippen LogP contribution in [0.5, 0.6) is 0 Å². The second kappa shape index (κ2) is 5.88. The molecule has 2 aromatic carbocycles. The highest BCUT2D eigenvalue weighted by Gasteiger charge is 2.54. The summed E-state index contributed by atoms with van der Waals surface area (Å²) in [6.07, 6.45) is 0.933. The molecule has 128 valence electrons. The van der Waals surface area contributed by atoms with E-state index < -0.39 is 5.41 Å². The summed E-state index contributed by atoms with van der Waals surface area (Å²) in [5.41, 5.74) is 2.22. The Labute approximate surface area is 152 Å². The van der Waals surface area contributed by atoms with Gasteiger partial charge in [-0.05, 0) is 29.7 Å². The van der Waals surface area contributed by atoms with Crippen molar-refractivity contribution in [1.29, 1.82) is 0 Å². The first-order valence-electron chi connectivity index (χ1n) is 8.42. The lowest BCUT2D eigenvalue weighted by Gasteiger charge is -2.23. The van der Waals surface area contributed by atoms with Crippen molar-refractivity contribution < 1.29 is 9.59 Å². The largest absolute Gasteiger partial charge is 0.341 e. The zero-order chi connectivity index (χ0) is 17.6. The lowest BCUT2D eigenvalue weighted by molar-refractivity contribution is -0.130. The van der Waals surface area contributed by atoms with Crippen LogP contribution in [-0.2, 0) is 21.4 Å². The van der Waals surface area contributed by atoms with E-state index in [0.717, 1.165) is 16.8 Å². The van der Waals surface area contributed by atoms with E-state index in [0.29, 0.717) is 24.5 Å². The van der Waals surface area contributed by atoms with E-state index in [9.17, 15) is 9.59 Å². The van der Waals surface area contributed by atoms with Gasteiger partial charge in [-0.3, -0.25) is 9.59 Å². The Hall–Kier alpha value is -2.33. The molecule has 2 amide bonds. The van der Waals surface area contributed by atoms with Crippen LogP contribution in [0.2, 0.25) is 5.02 Å². The summed E-state index contributed by atoms with van der Waals surface area (Å²) in [6.45, 7) is 1.04. The molecular formula is C20H19ClN2O2. The fraction of sp³-hybridized carbons (Fsp3) is 0.300. The minimum atomic E-state index is -0.596. The average Bonchev–Trinajstić information content (AvgIpc) is 3.16. The molecule has 25 heavy (non-hydrogen) atoms. The van der Waals surface area contributed by atoms with Gasteiger partial charge in [0.15, 0.2) is 0 Å². The number of halogens is 1. The Morgan fingerprint density at radius 2 is 1.88 bits per heavy atom. The van der Waals surface area contributed by atoms with Gasteiger partial charge in [-0.15, -0.1) is 0 Å². The minimum Gasteiger partial charge on any atom is -0.341 e. The summed E-state index contributed by atoms with van der Waals surface area (Å²) in [6, 6.07) is 15.3. The van der Waals surface area contributed by atoms with Gasteiger partial charge in [0.1, 0.15) is 0 Å². The molecule has 5 heteroatoms. The van der Waals surface area contributed by atoms with Crippen molar-refractivity contribution in [3.63, 3.8) is 0 Å². The molecule has 2 aromatic rings. The van der Waals surface area contributed by atoms with Gasteiger partial charge in [-0.1, -0.05) is 48.0 Å². The predicted molar refractivity (Wildman–Crippen MR) is 97.9 cm³/mol. The summed E-state index contributed by atoms with van der Waals surface area (Å²) in [7, 11) is 1.81. The molecule has 0 N–H and O–H groups in total. The van der Waals surface area contributed by atoms with Crippen LogP contribution in [0, 0.1) is 0 Å². The van der Waals surface area contributed by atoms with E-state index in [4.69, 9.17) is 11.6 Å². The minimum absolute atomic E-state index is 0.0183. The van der Waals surface area contributed by atoms with Crippen molar-refractivity contribution >= 4 is 29.1 Å². The van der Waals surface area contributed by atoms with Crippen LogP contribution in [0.4, 0.5) is 5.69 Å². The summed E-state index contributed by atoms with van der Waals surface area (Å²) < 4.78 is 0. The Kier molecular flexibility index (Phi) is 3.80. The molecule has 0 saturated carbocycles. The number of hydrogen-bond acceptors (Lipinski definition) is 2. The van der Waals surface area contributed by atoms with Crippen LogP contribution in [0.15, 0.2) is 48.5 Å². The molecule has 2 heterocycles. The molecule has 0 aromatic heterocycles. The third-order valence-corrected chi connectivity index (χ3v) is 5.79. The van der Waals surface area contributed by atoms with Crippen molar-refractivity contribution in [2.75, 3.05) is 25.0 Å². The van der Waals surface area contributed by atoms with Gasteiger partial charge in [0.2, 0.25) is 11.8 Å². The molecule has 2 aliphatic heterocycles. The highest BCUT2D eigenvalue weighted by Crippen LogP contribution is 2.46. The van der Waals surface area contributed by atoms with E-state index in [1.54, 1.807) is 15.9 Å². The highest BCUT2D eigenvalue weighted by atomic mass is 35.5. The van der Waals surface area contributed by atoms with Gasteiger partial charge in [0, 0.05) is 30.8 Å². The van der Waals surface area contributed by atoms with Gasteiger partial charge in [0.25, 0.3) is 0 Å². The number of benzene rings is 2. The number of fused-ring (bicyclic) bond motifs is 2. The number of hydrogen-bond donors (Lipinski definition) is 0. The second-order valence-electron chi connectivity index (χ2n) is 6.80. The third-order valence-electron chi connectivity index (χ3n) is 5.42. The number of amides is 2. The Balaban J connectivity index is 1.58. The molecule has 0 aliphatic carbocycles. The van der Waals surface area contributed by atoms with E-state index in [2.05, 4.69) is 0 Å². The van der Waals surface area contributed by atoms with Crippen molar-refractivity contribution in [1.82, 2.24) is 4.90 Å². The number of para-hydroxylation sites is 1. The quantitative estimate of drug-likeness (QED) is 0.831. The molecule has 1 unspecified atom stereocenters. The van der Waals surface area contributed by atoms with Gasteiger partial charge < -0.3 is 9.80 Å². The lowest BCUT2D eigenvalue weighted by atomic mass is 9.81. The maximum absolute atomic E-state index is 12.9. The second-order valence-corrected chi connectivity index (χ2v) is 7.20. The van der Waals surface area contributed by atoms with Gasteiger partial charge >= 0.3 is 0 Å². The van der Waals surface area contributed by atoms with Gasteiger partial charge in [-0.2, -0.15) is 0 Å². The predicted octanol–water partition coefficient (Wildman–Crippen LogP) is 3.03. The number of rotatable bonds is 2. The van der Waals surface area contributed by atoms with Crippen molar-refractivity contribution in [3.05, 3.63) is 64.7 Å². The number of likely N-dealkylation sites (N-methyl/N-ethyl adjacent to an activating group) is 1. The number of carbonyl (C=O) groups is 2. The molecule has 0 bridgehead atoms. The van der Waals surface area contributed by atoms with E-state index >= 15 is 0 Å². The van der Waals surface area contributed by atoms with Crippen molar-refractivity contribution in [2.24, 2.45) is 0 Å². The van der Waals surface area contributed by atoms with Crippen LogP contribution in [0.3, 0.4) is 0 Å². The zero-order valence-corrected chi connectivity index (χ0v) is 14.8. The molecule has 1 spiro atoms. The fourth-order valence-electron chi connectivity index (χ4n) is 4.05. The third kappa shape index (κ3) is 2.44. The topological polar surface area (TPSA) is 40.6 Å². The maximum atomic E-state index is 12.9. The number of likely N-dealkylation sites (tertiary alicyclic amines) is 1. The summed E-state index contributed by atoms with van der Waals surface area (Å²) in [5, 5.41) is 0.604. The van der Waals surface area contributed by atoms with Crippen LogP contribution in [0.25, 0.3) is 0 Å². The van der Waals surface area contributed by atoms with E-state index in [-0.39, 0.29) is 18.2 Å². The molecule has 1 atom stereocenters. The highest BCUT2D eigenvalue weighted by molar-refractivity contribution is 6.31. The monoisotopic (exact) mass is 354 g/mol. The summed E-state index contributed by atoms with van der Waals surface area (Å²) in [5.74, 6) is 0.103. The number of carbonyl (C=O) groups excluding carboxylic acids is 2. The van der Waals surface area contributed by atoms with Crippen LogP contribution in [0.1, 0.15) is 17.5 Å². The van der Waals surface area contributed by atoms with E-state index in [1.807, 2.05) is 49.5 Å². The molecule has 2 aliphatic rings. The van der Waals surface area contributed by atoms with Gasteiger partial charge in [0.05, 0.1) is 11.8 Å². The smallest absolute Gasteiger partial charge is 0.239 e. The molecule has 0 radical (unpaired) electrons. The molecule has 4 nitrogen and oxygen atoms in total. The number of nitrogens with zero attached hydrogens (tertiary/aromatic N) is 2. The van der Waals surface area contributed by atoms with Crippen LogP contribution < -0.4 is 4.90 Å². The standard InChI is InChI=1S/C20H19ClN2O2/c1-22-17-9-5-3-7-15(17)20(19(22)25)10-11-23(13-20)18(24)12-14-6-2-4-8-16(14)21/h2-9H,10-13H2,1H3. The Morgan fingerprint density at radius 1 is 1.16 bits per heavy atom. The summed E-state index contributed by atoms with van der Waals surface area (Å²) in [4.78, 5) is 29.2. The fourth-order valence-corrected chi connectivity index (χ4v) is 4.25. The first-order valence-corrected chi connectivity index (χ1v) is 8.79. The molecule has 1 saturated heterocycles. The first kappa shape index (κ1) is 16.2. The molecule has 4 rings (SSSR count). The SMILES string of the molecule is CN1C(=O)C2(CCN(C(=O)Cc3ccccc3Cl)C2)c2ccccc21. The summed E-state index contributed by atoms with van der Waals surface area (Å²) >= 11 is 6.17. The lowest BCUT2D eigenvalue weighted by Crippen LogP contribution is -2.42. The normalized spacial score (nSPS) is 21.9. The van der Waals surface area contributed by atoms with Crippen LogP contribution >= 0.6 is 11.6 Å². The van der Waals surface area contributed by atoms with Crippen molar-refractivity contribution in [2.45, 2.75) is 18.3 Å². The van der Waals surface area contributed by atoms with Crippen LogP contribution in [-0.4, -0.2) is 36.9 Å². The first-order chi connectivity index (χ1) is 12.0.